The smallest absolute Gasteiger partial charge is 0.255 e. The topological polar surface area (TPSA) is 119 Å². The Morgan fingerprint density at radius 2 is 2.00 bits per heavy atom. The fourth-order valence-electron chi connectivity index (χ4n) is 1.80. The zero-order chi connectivity index (χ0) is 18.3. The first-order valence-electron chi connectivity index (χ1n) is 7.03. The van der Waals surface area contributed by atoms with Gasteiger partial charge in [-0.3, -0.25) is 4.79 Å². The Morgan fingerprint density at radius 1 is 1.24 bits per heavy atom. The van der Waals surface area contributed by atoms with Gasteiger partial charge < -0.3 is 13.9 Å². The van der Waals surface area contributed by atoms with Gasteiger partial charge in [0.2, 0.25) is 10.0 Å². The van der Waals surface area contributed by atoms with Gasteiger partial charge in [0.05, 0.1) is 38.1 Å². The molecule has 0 radical (unpaired) electrons. The van der Waals surface area contributed by atoms with Crippen LogP contribution < -0.4 is 19.6 Å². The van der Waals surface area contributed by atoms with E-state index in [0.29, 0.717) is 11.5 Å². The molecule has 2 aromatic rings. The highest BCUT2D eigenvalue weighted by Gasteiger charge is 2.18. The van der Waals surface area contributed by atoms with Crippen LogP contribution >= 0.6 is 0 Å². The molecule has 2 N–H and O–H groups in total. The minimum atomic E-state index is -3.90. The van der Waals surface area contributed by atoms with Gasteiger partial charge in [-0.05, 0) is 24.3 Å². The number of rotatable bonds is 8. The zero-order valence-corrected chi connectivity index (χ0v) is 14.4. The molecule has 0 saturated heterocycles. The summed E-state index contributed by atoms with van der Waals surface area (Å²) < 4.78 is 41.7. The van der Waals surface area contributed by atoms with E-state index in [-0.39, 0.29) is 10.6 Å². The normalized spacial score (nSPS) is 11.4. The number of hydrazone groups is 1. The van der Waals surface area contributed by atoms with E-state index >= 15 is 0 Å². The van der Waals surface area contributed by atoms with Crippen molar-refractivity contribution in [1.29, 1.82) is 0 Å². The van der Waals surface area contributed by atoms with Crippen LogP contribution in [0.1, 0.15) is 5.76 Å². The van der Waals surface area contributed by atoms with Gasteiger partial charge >= 0.3 is 0 Å². The summed E-state index contributed by atoms with van der Waals surface area (Å²) in [5.74, 6) is 0.474. The molecule has 0 bridgehead atoms. The van der Waals surface area contributed by atoms with E-state index in [1.54, 1.807) is 12.1 Å². The number of hydrogen-bond donors (Lipinski definition) is 2. The van der Waals surface area contributed by atoms with Crippen molar-refractivity contribution in [2.75, 3.05) is 20.8 Å². The van der Waals surface area contributed by atoms with Crippen molar-refractivity contribution in [1.82, 2.24) is 10.1 Å². The molecule has 0 fully saturated rings. The molecule has 0 aliphatic rings. The molecule has 0 atom stereocenters. The maximum atomic E-state index is 12.2. The van der Waals surface area contributed by atoms with Gasteiger partial charge in [0.15, 0.2) is 11.5 Å². The summed E-state index contributed by atoms with van der Waals surface area (Å²) >= 11 is 0. The average molecular weight is 367 g/mol. The summed E-state index contributed by atoms with van der Waals surface area (Å²) in [6.07, 6.45) is 2.75. The molecule has 1 aromatic heterocycles. The molecule has 1 aromatic carbocycles. The van der Waals surface area contributed by atoms with Crippen molar-refractivity contribution in [2.45, 2.75) is 4.90 Å². The Balaban J connectivity index is 1.95. The van der Waals surface area contributed by atoms with Gasteiger partial charge in [0.25, 0.3) is 5.91 Å². The third kappa shape index (κ3) is 5.06. The van der Waals surface area contributed by atoms with Gasteiger partial charge in [-0.15, -0.1) is 0 Å². The van der Waals surface area contributed by atoms with Crippen molar-refractivity contribution in [3.05, 3.63) is 42.4 Å². The lowest BCUT2D eigenvalue weighted by molar-refractivity contribution is -0.119. The largest absolute Gasteiger partial charge is 0.493 e. The molecule has 1 heterocycles. The molecule has 0 aliphatic heterocycles. The Bertz CT molecular complexity index is 846. The summed E-state index contributed by atoms with van der Waals surface area (Å²) in [7, 11) is -1.06. The van der Waals surface area contributed by atoms with Gasteiger partial charge in [0.1, 0.15) is 5.76 Å². The molecule has 25 heavy (non-hydrogen) atoms. The first-order chi connectivity index (χ1) is 12.0. The number of hydrogen-bond acceptors (Lipinski definition) is 7. The number of furan rings is 1. The SMILES string of the molecule is COc1ccc(S(=O)(=O)NCC(=O)N/N=C\c2ccco2)cc1OC. The molecule has 9 nitrogen and oxygen atoms in total. The highest BCUT2D eigenvalue weighted by molar-refractivity contribution is 7.89. The molecule has 1 amide bonds. The van der Waals surface area contributed by atoms with Crippen LogP contribution in [0.25, 0.3) is 0 Å². The second-order valence-electron chi connectivity index (χ2n) is 4.65. The van der Waals surface area contributed by atoms with Crippen LogP contribution in [-0.4, -0.2) is 41.3 Å². The predicted molar refractivity (Wildman–Crippen MR) is 89.2 cm³/mol. The number of ether oxygens (including phenoxy) is 2. The third-order valence-corrected chi connectivity index (χ3v) is 4.41. The van der Waals surface area contributed by atoms with E-state index in [9.17, 15) is 13.2 Å². The number of carbonyl (C=O) groups excluding carboxylic acids is 1. The Kier molecular flexibility index (Phi) is 6.14. The first kappa shape index (κ1) is 18.5. The number of amides is 1. The van der Waals surface area contributed by atoms with E-state index in [2.05, 4.69) is 15.2 Å². The predicted octanol–water partition coefficient (Wildman–Crippen LogP) is 0.725. The minimum absolute atomic E-state index is 0.0583. The van der Waals surface area contributed by atoms with Crippen LogP contribution in [0.5, 0.6) is 11.5 Å². The van der Waals surface area contributed by atoms with E-state index in [0.717, 1.165) is 0 Å². The summed E-state index contributed by atoms with van der Waals surface area (Å²) in [6, 6.07) is 7.42. The second-order valence-corrected chi connectivity index (χ2v) is 6.42. The summed E-state index contributed by atoms with van der Waals surface area (Å²) in [5, 5.41) is 3.65. The number of nitrogens with zero attached hydrogens (tertiary/aromatic N) is 1. The molecular formula is C15H17N3O6S. The van der Waals surface area contributed by atoms with E-state index in [1.165, 1.54) is 44.9 Å². The lowest BCUT2D eigenvalue weighted by Crippen LogP contribution is -2.34. The van der Waals surface area contributed by atoms with Crippen molar-refractivity contribution >= 4 is 22.1 Å². The van der Waals surface area contributed by atoms with Gasteiger partial charge in [0, 0.05) is 6.07 Å². The number of nitrogens with one attached hydrogen (secondary N) is 2. The second kappa shape index (κ2) is 8.31. The fourth-order valence-corrected chi connectivity index (χ4v) is 2.80. The summed E-state index contributed by atoms with van der Waals surface area (Å²) in [6.45, 7) is -0.480. The van der Waals surface area contributed by atoms with Crippen LogP contribution in [0.15, 0.2) is 51.0 Å². The van der Waals surface area contributed by atoms with E-state index < -0.39 is 22.5 Å². The molecule has 0 spiro atoms. The van der Waals surface area contributed by atoms with Crippen molar-refractivity contribution in [3.63, 3.8) is 0 Å². The van der Waals surface area contributed by atoms with Crippen molar-refractivity contribution < 1.29 is 27.1 Å². The maximum absolute atomic E-state index is 12.2. The highest BCUT2D eigenvalue weighted by Crippen LogP contribution is 2.29. The lowest BCUT2D eigenvalue weighted by Gasteiger charge is -2.10. The molecule has 2 rings (SSSR count). The Labute approximate surface area is 144 Å². The molecular weight excluding hydrogens is 350 g/mol. The monoisotopic (exact) mass is 367 g/mol. The minimum Gasteiger partial charge on any atom is -0.493 e. The standard InChI is InChI=1S/C15H17N3O6S/c1-22-13-6-5-12(8-14(13)23-2)25(20,21)17-10-15(19)18-16-9-11-4-3-7-24-11/h3-9,17H,10H2,1-2H3,(H,18,19)/b16-9-. The number of carbonyl (C=O) groups is 1. The zero-order valence-electron chi connectivity index (χ0n) is 13.6. The third-order valence-electron chi connectivity index (χ3n) is 3.01. The Morgan fingerprint density at radius 3 is 2.64 bits per heavy atom. The molecule has 0 aliphatic carbocycles. The van der Waals surface area contributed by atoms with Crippen LogP contribution in [0.3, 0.4) is 0 Å². The Hall–Kier alpha value is -2.85. The van der Waals surface area contributed by atoms with Crippen LogP contribution in [-0.2, 0) is 14.8 Å². The lowest BCUT2D eigenvalue weighted by atomic mass is 10.3. The van der Waals surface area contributed by atoms with Crippen molar-refractivity contribution in [2.24, 2.45) is 5.10 Å². The first-order valence-corrected chi connectivity index (χ1v) is 8.51. The van der Waals surface area contributed by atoms with Gasteiger partial charge in [-0.2, -0.15) is 5.10 Å². The molecule has 0 saturated carbocycles. The van der Waals surface area contributed by atoms with Crippen LogP contribution in [0.4, 0.5) is 0 Å². The highest BCUT2D eigenvalue weighted by atomic mass is 32.2. The van der Waals surface area contributed by atoms with E-state index in [4.69, 9.17) is 13.9 Å². The van der Waals surface area contributed by atoms with E-state index in [1.807, 2.05) is 0 Å². The van der Waals surface area contributed by atoms with Crippen molar-refractivity contribution in [3.8, 4) is 11.5 Å². The maximum Gasteiger partial charge on any atom is 0.255 e. The fraction of sp³-hybridized carbons (Fsp3) is 0.200. The molecule has 134 valence electrons. The van der Waals surface area contributed by atoms with Gasteiger partial charge in [-0.1, -0.05) is 0 Å². The molecule has 0 unspecified atom stereocenters. The van der Waals surface area contributed by atoms with Gasteiger partial charge in [-0.25, -0.2) is 18.6 Å². The number of methoxy groups -OCH3 is 2. The average Bonchev–Trinajstić information content (AvgIpc) is 3.12. The summed E-state index contributed by atoms with van der Waals surface area (Å²) in [5.41, 5.74) is 2.18. The molecule has 10 heteroatoms. The quantitative estimate of drug-likeness (QED) is 0.524. The van der Waals surface area contributed by atoms with Crippen LogP contribution in [0.2, 0.25) is 0 Å². The number of benzene rings is 1. The summed E-state index contributed by atoms with van der Waals surface area (Å²) in [4.78, 5) is 11.6. The number of sulfonamides is 1. The van der Waals surface area contributed by atoms with Crippen LogP contribution in [0, 0.1) is 0 Å².